The van der Waals surface area contributed by atoms with Gasteiger partial charge in [0.15, 0.2) is 0 Å². The Bertz CT molecular complexity index is 1700. The highest BCUT2D eigenvalue weighted by Gasteiger charge is 2.14. The molecule has 6 nitrogen and oxygen atoms in total. The average Bonchev–Trinajstić information content (AvgIpc) is 3.63. The van der Waals surface area contributed by atoms with Crippen molar-refractivity contribution < 1.29 is 9.59 Å². The number of carbonyl (C=O) groups is 2. The zero-order valence-electron chi connectivity index (χ0n) is 18.4. The van der Waals surface area contributed by atoms with Crippen LogP contribution in [0.4, 0.5) is 0 Å². The van der Waals surface area contributed by atoms with Crippen LogP contribution in [-0.2, 0) is 9.59 Å². The van der Waals surface area contributed by atoms with Crippen molar-refractivity contribution in [1.82, 2.24) is 19.9 Å². The molecule has 35 heavy (non-hydrogen) atoms. The molecule has 2 N–H and O–H groups in total. The van der Waals surface area contributed by atoms with Gasteiger partial charge in [0, 0.05) is 37.0 Å². The summed E-state index contributed by atoms with van der Waals surface area (Å²) in [5.74, 6) is 0. The van der Waals surface area contributed by atoms with Gasteiger partial charge < -0.3 is 9.97 Å². The van der Waals surface area contributed by atoms with Gasteiger partial charge in [-0.1, -0.05) is 24.3 Å². The molecule has 4 aromatic heterocycles. The number of nitrogens with one attached hydrogen (secondary N) is 2. The molecular formula is C25H18N4O2P2S2. The summed E-state index contributed by atoms with van der Waals surface area (Å²) in [6.07, 6.45) is 3.60. The number of thiophene rings is 2. The highest BCUT2D eigenvalue weighted by molar-refractivity contribution is 7.62. The predicted octanol–water partition coefficient (Wildman–Crippen LogP) is 5.86. The number of H-pyrrole nitrogens is 2. The van der Waals surface area contributed by atoms with Crippen LogP contribution in [0.5, 0.6) is 0 Å². The molecule has 6 aromatic rings. The minimum absolute atomic E-state index is 0.0404. The van der Waals surface area contributed by atoms with Gasteiger partial charge in [-0.15, -0.1) is 22.7 Å². The summed E-state index contributed by atoms with van der Waals surface area (Å²) < 4.78 is 2.48. The van der Waals surface area contributed by atoms with Crippen LogP contribution < -0.4 is 11.1 Å². The number of rotatable bonds is 7. The van der Waals surface area contributed by atoms with Crippen molar-refractivity contribution in [3.8, 4) is 32.3 Å². The van der Waals surface area contributed by atoms with E-state index in [9.17, 15) is 9.59 Å². The zero-order chi connectivity index (χ0) is 23.9. The number of carbonyl (C=O) groups excluding carboxylic acids is 2. The molecule has 6 rings (SSSR count). The molecule has 2 aromatic carbocycles. The van der Waals surface area contributed by atoms with Gasteiger partial charge in [-0.3, -0.25) is 9.59 Å². The van der Waals surface area contributed by atoms with E-state index in [4.69, 9.17) is 0 Å². The number of aryl methyl sites for hydroxylation is 1. The van der Waals surface area contributed by atoms with Crippen LogP contribution in [0.15, 0.2) is 54.9 Å². The summed E-state index contributed by atoms with van der Waals surface area (Å²) in [5, 5.41) is 2.39. The summed E-state index contributed by atoms with van der Waals surface area (Å²) >= 11 is 3.52. The Hall–Kier alpha value is -3.02. The summed E-state index contributed by atoms with van der Waals surface area (Å²) in [4.78, 5) is 39.0. The Morgan fingerprint density at radius 2 is 1.46 bits per heavy atom. The van der Waals surface area contributed by atoms with E-state index < -0.39 is 0 Å². The van der Waals surface area contributed by atoms with Gasteiger partial charge in [-0.05, 0) is 47.0 Å². The third kappa shape index (κ3) is 4.17. The van der Waals surface area contributed by atoms with E-state index >= 15 is 0 Å². The fourth-order valence-electron chi connectivity index (χ4n) is 4.20. The van der Waals surface area contributed by atoms with Gasteiger partial charge in [0.2, 0.25) is 0 Å². The van der Waals surface area contributed by atoms with Crippen LogP contribution >= 0.6 is 39.8 Å². The fraction of sp³-hybridized carbons (Fsp3) is 0.0400. The summed E-state index contributed by atoms with van der Waals surface area (Å²) in [7, 11) is 0.0939. The first-order chi connectivity index (χ1) is 17.1. The maximum atomic E-state index is 10.8. The standard InChI is InChI=1S/C25H18N4O2P2S2/c1-13-16-4-3-15(6-14(16)2-5-17(13)18-9-26-24(28-18)32-11-30)20-7-22-23(34-20)8-21(35-22)19-10-27-25(29-19)33-12-31/h2-12,32-33H,1H3,(H,26,28)(H,27,29). The first-order valence-corrected chi connectivity index (χ1v) is 14.5. The fourth-order valence-corrected chi connectivity index (χ4v) is 7.48. The molecule has 0 spiro atoms. The van der Waals surface area contributed by atoms with Crippen LogP contribution in [0.1, 0.15) is 5.56 Å². The van der Waals surface area contributed by atoms with E-state index in [1.165, 1.54) is 36.2 Å². The third-order valence-corrected chi connectivity index (χ3v) is 9.55. The Balaban J connectivity index is 1.31. The Morgan fingerprint density at radius 3 is 2.20 bits per heavy atom. The second kappa shape index (κ2) is 9.21. The van der Waals surface area contributed by atoms with Crippen molar-refractivity contribution in [3.63, 3.8) is 0 Å². The number of fused-ring (bicyclic) bond motifs is 2. The molecule has 172 valence electrons. The number of aromatic nitrogens is 4. The van der Waals surface area contributed by atoms with Crippen molar-refractivity contribution in [2.75, 3.05) is 0 Å². The lowest BCUT2D eigenvalue weighted by Gasteiger charge is -2.09. The molecule has 0 aliphatic heterocycles. The molecule has 0 fully saturated rings. The molecule has 10 heteroatoms. The van der Waals surface area contributed by atoms with Crippen LogP contribution in [-0.4, -0.2) is 32.0 Å². The van der Waals surface area contributed by atoms with E-state index in [1.54, 1.807) is 35.1 Å². The lowest BCUT2D eigenvalue weighted by atomic mass is 9.97. The largest absolute Gasteiger partial charge is 0.338 e. The Kier molecular flexibility index (Phi) is 5.91. The predicted molar refractivity (Wildman–Crippen MR) is 152 cm³/mol. The van der Waals surface area contributed by atoms with E-state index in [-0.39, 0.29) is 17.2 Å². The van der Waals surface area contributed by atoms with Crippen molar-refractivity contribution in [2.45, 2.75) is 6.92 Å². The van der Waals surface area contributed by atoms with E-state index in [0.29, 0.717) is 5.57 Å². The van der Waals surface area contributed by atoms with Crippen LogP contribution in [0.2, 0.25) is 0 Å². The van der Waals surface area contributed by atoms with Gasteiger partial charge >= 0.3 is 0 Å². The van der Waals surface area contributed by atoms with E-state index in [2.05, 4.69) is 69.3 Å². The summed E-state index contributed by atoms with van der Waals surface area (Å²) in [6.45, 7) is 2.12. The monoisotopic (exact) mass is 532 g/mol. The van der Waals surface area contributed by atoms with Crippen molar-refractivity contribution in [2.24, 2.45) is 0 Å². The number of hydrogen-bond donors (Lipinski definition) is 2. The van der Waals surface area contributed by atoms with E-state index in [0.717, 1.165) is 39.4 Å². The van der Waals surface area contributed by atoms with E-state index in [1.807, 2.05) is 0 Å². The van der Waals surface area contributed by atoms with Gasteiger partial charge in [-0.25, -0.2) is 9.97 Å². The van der Waals surface area contributed by atoms with Crippen LogP contribution in [0.25, 0.3) is 52.4 Å². The molecule has 0 aliphatic rings. The number of imidazole rings is 2. The first kappa shape index (κ1) is 22.4. The van der Waals surface area contributed by atoms with Crippen LogP contribution in [0, 0.1) is 6.92 Å². The minimum atomic E-state index is 0.0404. The zero-order valence-corrected chi connectivity index (χ0v) is 22.0. The number of nitrogens with zero attached hydrogens (tertiary/aromatic N) is 2. The molecule has 0 saturated carbocycles. The highest BCUT2D eigenvalue weighted by Crippen LogP contribution is 2.42. The van der Waals surface area contributed by atoms with Gasteiger partial charge in [0.25, 0.3) is 0 Å². The molecule has 0 saturated heterocycles. The molecule has 0 amide bonds. The molecule has 0 aliphatic carbocycles. The smallest absolute Gasteiger partial charge is 0.146 e. The highest BCUT2D eigenvalue weighted by atomic mass is 32.1. The van der Waals surface area contributed by atoms with Gasteiger partial charge in [-0.2, -0.15) is 0 Å². The Labute approximate surface area is 211 Å². The second-order valence-corrected chi connectivity index (χ2v) is 12.1. The molecule has 0 bridgehead atoms. The SMILES string of the molecule is Cc1c(-c2cnc(PC=O)[nH]2)ccc2cc(-c3cc4sc(-c5cnc(PC=O)[nH]5)cc4s3)ccc12. The average molecular weight is 533 g/mol. The molecule has 0 radical (unpaired) electrons. The summed E-state index contributed by atoms with van der Waals surface area (Å²) in [6, 6.07) is 17.1. The second-order valence-electron chi connectivity index (χ2n) is 7.94. The lowest BCUT2D eigenvalue weighted by molar-refractivity contribution is 0.569. The number of hydrogen-bond acceptors (Lipinski definition) is 6. The van der Waals surface area contributed by atoms with Gasteiger partial charge in [0.1, 0.15) is 23.2 Å². The molecule has 4 heterocycles. The maximum absolute atomic E-state index is 10.8. The molecule has 2 atom stereocenters. The normalized spacial score (nSPS) is 12.1. The van der Waals surface area contributed by atoms with Gasteiger partial charge in [0.05, 0.1) is 28.7 Å². The topological polar surface area (TPSA) is 91.5 Å². The van der Waals surface area contributed by atoms with Crippen molar-refractivity contribution in [3.05, 3.63) is 60.4 Å². The maximum Gasteiger partial charge on any atom is 0.146 e. The quantitative estimate of drug-likeness (QED) is 0.199. The number of benzene rings is 2. The lowest BCUT2D eigenvalue weighted by Crippen LogP contribution is -1.98. The molecular weight excluding hydrogens is 514 g/mol. The summed E-state index contributed by atoms with van der Waals surface area (Å²) in [5.41, 5.74) is 6.80. The number of aromatic amines is 2. The van der Waals surface area contributed by atoms with Crippen molar-refractivity contribution >= 4 is 83.2 Å². The Morgan fingerprint density at radius 1 is 0.800 bits per heavy atom. The first-order valence-electron chi connectivity index (χ1n) is 10.7. The molecule has 2 unspecified atom stereocenters. The van der Waals surface area contributed by atoms with Crippen LogP contribution in [0.3, 0.4) is 0 Å². The van der Waals surface area contributed by atoms with Crippen molar-refractivity contribution in [1.29, 1.82) is 0 Å². The third-order valence-electron chi connectivity index (χ3n) is 5.88. The minimum Gasteiger partial charge on any atom is -0.338 e.